The Morgan fingerprint density at radius 3 is 2.32 bits per heavy atom. The summed E-state index contributed by atoms with van der Waals surface area (Å²) in [5.74, 6) is 0.642. The van der Waals surface area contributed by atoms with Gasteiger partial charge in [-0.25, -0.2) is 0 Å². The second-order valence-corrected chi connectivity index (χ2v) is 4.24. The smallest absolute Gasteiger partial charge is 0.255 e. The first-order valence-electron chi connectivity index (χ1n) is 5.58. The number of rotatable bonds is 4. The van der Waals surface area contributed by atoms with Gasteiger partial charge in [0.25, 0.3) is 5.91 Å². The van der Waals surface area contributed by atoms with Gasteiger partial charge in [0.2, 0.25) is 0 Å². The molecule has 19 heavy (non-hydrogen) atoms. The Bertz CT molecular complexity index is 552. The van der Waals surface area contributed by atoms with E-state index in [4.69, 9.17) is 9.84 Å². The summed E-state index contributed by atoms with van der Waals surface area (Å²) in [5.41, 5.74) is 1.57. The Hall–Kier alpha value is -2.01. The molecule has 4 nitrogen and oxygen atoms in total. The van der Waals surface area contributed by atoms with E-state index in [9.17, 15) is 4.79 Å². The van der Waals surface area contributed by atoms with Crippen LogP contribution >= 0.6 is 15.9 Å². The summed E-state index contributed by atoms with van der Waals surface area (Å²) >= 11 is 3.16. The van der Waals surface area contributed by atoms with E-state index < -0.39 is 0 Å². The largest absolute Gasteiger partial charge is 0.508 e. The molecule has 0 atom stereocenters. The maximum atomic E-state index is 11.9. The topological polar surface area (TPSA) is 58.6 Å². The van der Waals surface area contributed by atoms with Crippen molar-refractivity contribution in [2.24, 2.45) is 0 Å². The van der Waals surface area contributed by atoms with Crippen LogP contribution in [0.5, 0.6) is 11.5 Å². The number of halogens is 1. The van der Waals surface area contributed by atoms with Crippen LogP contribution in [0.1, 0.15) is 10.4 Å². The fourth-order valence-electron chi connectivity index (χ4n) is 1.51. The third-order valence-electron chi connectivity index (χ3n) is 2.46. The summed E-state index contributed by atoms with van der Waals surface area (Å²) in [6, 6.07) is 13.1. The quantitative estimate of drug-likeness (QED) is 0.670. The Labute approximate surface area is 119 Å². The van der Waals surface area contributed by atoms with Gasteiger partial charge in [0.05, 0.1) is 0 Å². The predicted molar refractivity (Wildman–Crippen MR) is 76.9 cm³/mol. The molecule has 0 radical (unpaired) electrons. The van der Waals surface area contributed by atoms with Crippen LogP contribution in [0.25, 0.3) is 0 Å². The van der Waals surface area contributed by atoms with Crippen LogP contribution in [0, 0.1) is 0 Å². The normalized spacial score (nSPS) is 9.95. The lowest BCUT2D eigenvalue weighted by Gasteiger charge is -2.06. The Balaban J connectivity index is 2.05. The summed E-state index contributed by atoms with van der Waals surface area (Å²) in [4.78, 5) is 11.9. The zero-order chi connectivity index (χ0) is 13.7. The molecule has 0 saturated carbocycles. The first kappa shape index (κ1) is 13.4. The molecule has 2 aromatic carbocycles. The monoisotopic (exact) mass is 321 g/mol. The van der Waals surface area contributed by atoms with Gasteiger partial charge in [-0.15, -0.1) is 0 Å². The van der Waals surface area contributed by atoms with Gasteiger partial charge in [0, 0.05) is 11.3 Å². The van der Waals surface area contributed by atoms with E-state index in [1.807, 2.05) is 0 Å². The van der Waals surface area contributed by atoms with Gasteiger partial charge >= 0.3 is 0 Å². The van der Waals surface area contributed by atoms with E-state index in [0.29, 0.717) is 22.5 Å². The lowest BCUT2D eigenvalue weighted by Crippen LogP contribution is -2.11. The Morgan fingerprint density at radius 1 is 1.11 bits per heavy atom. The zero-order valence-electron chi connectivity index (χ0n) is 9.97. The van der Waals surface area contributed by atoms with Crippen molar-refractivity contribution < 1.29 is 14.6 Å². The number of carbonyl (C=O) groups is 1. The molecule has 0 bridgehead atoms. The number of phenolic OH excluding ortho intramolecular Hbond substituents is 1. The fraction of sp³-hybridized carbons (Fsp3) is 0.0714. The highest BCUT2D eigenvalue weighted by Gasteiger charge is 2.06. The van der Waals surface area contributed by atoms with Crippen LogP contribution in [0.3, 0.4) is 0 Å². The molecule has 0 aliphatic rings. The third-order valence-corrected chi connectivity index (χ3v) is 2.69. The number of anilines is 1. The van der Waals surface area contributed by atoms with Gasteiger partial charge in [0.1, 0.15) is 17.0 Å². The van der Waals surface area contributed by atoms with Crippen LogP contribution in [0.2, 0.25) is 0 Å². The van der Waals surface area contributed by atoms with Crippen molar-refractivity contribution in [1.29, 1.82) is 0 Å². The molecule has 2 N–H and O–H groups in total. The molecule has 2 aromatic rings. The van der Waals surface area contributed by atoms with E-state index in [2.05, 4.69) is 21.2 Å². The van der Waals surface area contributed by atoms with Crippen LogP contribution < -0.4 is 10.1 Å². The fourth-order valence-corrected chi connectivity index (χ4v) is 1.78. The minimum absolute atomic E-state index is 0.161. The number of phenols is 1. The number of benzene rings is 2. The van der Waals surface area contributed by atoms with E-state index in [1.165, 1.54) is 12.1 Å². The van der Waals surface area contributed by atoms with Gasteiger partial charge in [-0.3, -0.25) is 4.79 Å². The number of amides is 1. The number of hydrogen-bond donors (Lipinski definition) is 2. The maximum absolute atomic E-state index is 11.9. The molecular weight excluding hydrogens is 310 g/mol. The molecular formula is C14H12BrNO3. The predicted octanol–water partition coefficient (Wildman–Crippen LogP) is 3.38. The van der Waals surface area contributed by atoms with Crippen LogP contribution in [-0.2, 0) is 0 Å². The second kappa shape index (κ2) is 6.24. The van der Waals surface area contributed by atoms with Crippen molar-refractivity contribution in [1.82, 2.24) is 0 Å². The van der Waals surface area contributed by atoms with E-state index in [1.54, 1.807) is 36.4 Å². The van der Waals surface area contributed by atoms with Crippen LogP contribution in [0.4, 0.5) is 5.69 Å². The minimum Gasteiger partial charge on any atom is -0.508 e. The number of ether oxygens (including phenoxy) is 1. The number of aromatic hydroxyl groups is 1. The van der Waals surface area contributed by atoms with Gasteiger partial charge in [-0.2, -0.15) is 0 Å². The van der Waals surface area contributed by atoms with Crippen molar-refractivity contribution in [2.45, 2.75) is 0 Å². The first-order chi connectivity index (χ1) is 9.19. The lowest BCUT2D eigenvalue weighted by molar-refractivity contribution is 0.102. The average molecular weight is 322 g/mol. The van der Waals surface area contributed by atoms with Crippen molar-refractivity contribution in [2.75, 3.05) is 10.8 Å². The molecule has 0 aliphatic carbocycles. The number of nitrogens with one attached hydrogen (secondary N) is 1. The van der Waals surface area contributed by atoms with E-state index >= 15 is 0 Å². The average Bonchev–Trinajstić information content (AvgIpc) is 2.42. The highest BCUT2D eigenvalue weighted by molar-refractivity contribution is 9.09. The van der Waals surface area contributed by atoms with Crippen LogP contribution in [-0.4, -0.2) is 16.5 Å². The van der Waals surface area contributed by atoms with Gasteiger partial charge in [-0.05, 0) is 64.5 Å². The standard InChI is InChI=1S/C14H12BrNO3/c15-9-19-13-7-1-10(2-8-13)14(18)16-11-3-5-12(17)6-4-11/h1-8,17H,9H2,(H,16,18). The summed E-state index contributed by atoms with van der Waals surface area (Å²) in [5, 5.41) is 11.9. The van der Waals surface area contributed by atoms with E-state index in [0.717, 1.165) is 0 Å². The number of alkyl halides is 1. The summed E-state index contributed by atoms with van der Waals surface area (Å²) in [6.45, 7) is 0. The highest BCUT2D eigenvalue weighted by atomic mass is 79.9. The minimum atomic E-state index is -0.212. The molecule has 0 unspecified atom stereocenters. The molecule has 0 fully saturated rings. The van der Waals surface area contributed by atoms with Crippen molar-refractivity contribution in [3.05, 3.63) is 54.1 Å². The Morgan fingerprint density at radius 2 is 1.74 bits per heavy atom. The number of hydrogen-bond acceptors (Lipinski definition) is 3. The summed E-state index contributed by atoms with van der Waals surface area (Å²) in [6.07, 6.45) is 0. The number of carbonyl (C=O) groups excluding carboxylic acids is 1. The van der Waals surface area contributed by atoms with Gasteiger partial charge in [0.15, 0.2) is 0 Å². The van der Waals surface area contributed by atoms with Gasteiger partial charge < -0.3 is 15.2 Å². The molecule has 5 heteroatoms. The molecule has 1 amide bonds. The molecule has 0 heterocycles. The molecule has 98 valence electrons. The second-order valence-electron chi connectivity index (χ2n) is 3.78. The summed E-state index contributed by atoms with van der Waals surface area (Å²) < 4.78 is 5.23. The highest BCUT2D eigenvalue weighted by Crippen LogP contribution is 2.16. The SMILES string of the molecule is O=C(Nc1ccc(O)cc1)c1ccc(OCBr)cc1. The molecule has 0 aromatic heterocycles. The van der Waals surface area contributed by atoms with Crippen molar-refractivity contribution >= 4 is 27.5 Å². The molecule has 0 spiro atoms. The summed E-state index contributed by atoms with van der Waals surface area (Å²) in [7, 11) is 0. The molecule has 2 rings (SSSR count). The van der Waals surface area contributed by atoms with Crippen LogP contribution in [0.15, 0.2) is 48.5 Å². The Kier molecular flexibility index (Phi) is 4.41. The van der Waals surface area contributed by atoms with Gasteiger partial charge in [-0.1, -0.05) is 0 Å². The maximum Gasteiger partial charge on any atom is 0.255 e. The van der Waals surface area contributed by atoms with Crippen molar-refractivity contribution in [3.8, 4) is 11.5 Å². The molecule has 0 saturated heterocycles. The van der Waals surface area contributed by atoms with Crippen molar-refractivity contribution in [3.63, 3.8) is 0 Å². The molecule has 0 aliphatic heterocycles. The lowest BCUT2D eigenvalue weighted by atomic mass is 10.2. The first-order valence-corrected chi connectivity index (χ1v) is 6.70. The third kappa shape index (κ3) is 3.72. The zero-order valence-corrected chi connectivity index (χ0v) is 11.6. The van der Waals surface area contributed by atoms with E-state index in [-0.39, 0.29) is 11.7 Å².